The van der Waals surface area contributed by atoms with Crippen molar-refractivity contribution >= 4 is 28.9 Å². The van der Waals surface area contributed by atoms with E-state index >= 15 is 0 Å². The second-order valence-corrected chi connectivity index (χ2v) is 4.26. The molecule has 3 amide bonds. The van der Waals surface area contributed by atoms with E-state index in [4.69, 9.17) is 9.15 Å². The highest BCUT2D eigenvalue weighted by molar-refractivity contribution is 5.98. The van der Waals surface area contributed by atoms with E-state index in [1.807, 2.05) is 11.4 Å². The van der Waals surface area contributed by atoms with Crippen molar-refractivity contribution < 1.29 is 23.5 Å². The molecule has 0 fully saturated rings. The minimum absolute atomic E-state index is 0.00390. The SMILES string of the molecule is CNC(=O)NC(=O)C(C)OC(=O)c1cc2ccccc2o1. The Labute approximate surface area is 120 Å². The van der Waals surface area contributed by atoms with Crippen LogP contribution in [0.1, 0.15) is 17.5 Å². The van der Waals surface area contributed by atoms with Gasteiger partial charge >= 0.3 is 12.0 Å². The molecular formula is C14H14N2O5. The standard InChI is InChI=1S/C14H14N2O5/c1-8(12(17)16-14(19)15-2)20-13(18)11-7-9-5-3-4-6-10(9)21-11/h3-8H,1-2H3,(H2,15,16,17,19). The fraction of sp³-hybridized carbons (Fsp3) is 0.214. The van der Waals surface area contributed by atoms with Gasteiger partial charge in [0, 0.05) is 12.4 Å². The molecule has 1 atom stereocenters. The van der Waals surface area contributed by atoms with Gasteiger partial charge < -0.3 is 14.5 Å². The van der Waals surface area contributed by atoms with Crippen LogP contribution in [0.3, 0.4) is 0 Å². The van der Waals surface area contributed by atoms with Crippen LogP contribution in [0.15, 0.2) is 34.7 Å². The number of hydrogen-bond donors (Lipinski definition) is 2. The number of rotatable bonds is 3. The fourth-order valence-corrected chi connectivity index (χ4v) is 1.63. The van der Waals surface area contributed by atoms with Gasteiger partial charge in [-0.2, -0.15) is 0 Å². The highest BCUT2D eigenvalue weighted by atomic mass is 16.6. The maximum absolute atomic E-state index is 11.9. The predicted octanol–water partition coefficient (Wildman–Crippen LogP) is 1.43. The molecule has 0 saturated carbocycles. The van der Waals surface area contributed by atoms with Gasteiger partial charge in [-0.05, 0) is 19.1 Å². The Kier molecular flexibility index (Phi) is 4.22. The van der Waals surface area contributed by atoms with Gasteiger partial charge in [-0.3, -0.25) is 10.1 Å². The summed E-state index contributed by atoms with van der Waals surface area (Å²) in [6, 6.07) is 7.95. The van der Waals surface area contributed by atoms with Crippen molar-refractivity contribution in [2.45, 2.75) is 13.0 Å². The van der Waals surface area contributed by atoms with Crippen LogP contribution in [0.4, 0.5) is 4.79 Å². The van der Waals surface area contributed by atoms with Gasteiger partial charge in [-0.25, -0.2) is 9.59 Å². The first kappa shape index (κ1) is 14.6. The first-order valence-corrected chi connectivity index (χ1v) is 6.23. The minimum Gasteiger partial charge on any atom is -0.449 e. The zero-order valence-corrected chi connectivity index (χ0v) is 11.5. The van der Waals surface area contributed by atoms with E-state index in [0.29, 0.717) is 5.58 Å². The van der Waals surface area contributed by atoms with Crippen LogP contribution in [0.2, 0.25) is 0 Å². The molecule has 1 unspecified atom stereocenters. The lowest BCUT2D eigenvalue weighted by molar-refractivity contribution is -0.128. The molecule has 0 saturated heterocycles. The Morgan fingerprint density at radius 2 is 1.95 bits per heavy atom. The van der Waals surface area contributed by atoms with E-state index in [1.165, 1.54) is 20.0 Å². The lowest BCUT2D eigenvalue weighted by atomic mass is 10.2. The zero-order valence-electron chi connectivity index (χ0n) is 11.5. The first-order valence-electron chi connectivity index (χ1n) is 6.23. The number of imide groups is 1. The van der Waals surface area contributed by atoms with Crippen LogP contribution in [0.25, 0.3) is 11.0 Å². The van der Waals surface area contributed by atoms with E-state index in [1.54, 1.807) is 18.2 Å². The second-order valence-electron chi connectivity index (χ2n) is 4.26. The number of amides is 3. The number of benzene rings is 1. The van der Waals surface area contributed by atoms with Crippen LogP contribution < -0.4 is 10.6 Å². The number of fused-ring (bicyclic) bond motifs is 1. The van der Waals surface area contributed by atoms with Gasteiger partial charge in [0.15, 0.2) is 6.10 Å². The lowest BCUT2D eigenvalue weighted by Crippen LogP contribution is -2.43. The summed E-state index contributed by atoms with van der Waals surface area (Å²) >= 11 is 0. The number of esters is 1. The van der Waals surface area contributed by atoms with Crippen molar-refractivity contribution in [1.82, 2.24) is 10.6 Å². The lowest BCUT2D eigenvalue weighted by Gasteiger charge is -2.11. The average Bonchev–Trinajstić information content (AvgIpc) is 2.90. The molecule has 0 aliphatic heterocycles. The zero-order chi connectivity index (χ0) is 15.4. The van der Waals surface area contributed by atoms with E-state index in [2.05, 4.69) is 5.32 Å². The number of nitrogens with one attached hydrogen (secondary N) is 2. The maximum atomic E-state index is 11.9. The van der Waals surface area contributed by atoms with E-state index in [9.17, 15) is 14.4 Å². The van der Waals surface area contributed by atoms with Crippen molar-refractivity contribution in [2.24, 2.45) is 0 Å². The molecule has 2 N–H and O–H groups in total. The third-order valence-electron chi connectivity index (χ3n) is 2.74. The molecule has 7 heteroatoms. The smallest absolute Gasteiger partial charge is 0.375 e. The summed E-state index contributed by atoms with van der Waals surface area (Å²) in [5.74, 6) is -1.50. The molecule has 2 aromatic rings. The Morgan fingerprint density at radius 3 is 2.62 bits per heavy atom. The van der Waals surface area contributed by atoms with E-state index < -0.39 is 24.0 Å². The van der Waals surface area contributed by atoms with Crippen molar-refractivity contribution in [3.63, 3.8) is 0 Å². The van der Waals surface area contributed by atoms with Crippen LogP contribution in [-0.4, -0.2) is 31.1 Å². The van der Waals surface area contributed by atoms with Gasteiger partial charge in [0.2, 0.25) is 5.76 Å². The largest absolute Gasteiger partial charge is 0.449 e. The number of hydrogen-bond acceptors (Lipinski definition) is 5. The summed E-state index contributed by atoms with van der Waals surface area (Å²) in [6.07, 6.45) is -1.12. The van der Waals surface area contributed by atoms with E-state index in [0.717, 1.165) is 5.39 Å². The van der Waals surface area contributed by atoms with Crippen molar-refractivity contribution in [3.8, 4) is 0 Å². The molecular weight excluding hydrogens is 276 g/mol. The second kappa shape index (κ2) is 6.08. The predicted molar refractivity (Wildman–Crippen MR) is 73.7 cm³/mol. The molecule has 0 bridgehead atoms. The maximum Gasteiger partial charge on any atom is 0.375 e. The fourth-order valence-electron chi connectivity index (χ4n) is 1.63. The number of carbonyl (C=O) groups excluding carboxylic acids is 3. The Hall–Kier alpha value is -2.83. The molecule has 2 rings (SSSR count). The summed E-state index contributed by atoms with van der Waals surface area (Å²) in [4.78, 5) is 34.5. The van der Waals surface area contributed by atoms with Crippen LogP contribution in [0.5, 0.6) is 0 Å². The third kappa shape index (κ3) is 3.38. The Balaban J connectivity index is 2.03. The number of urea groups is 1. The molecule has 1 aromatic heterocycles. The summed E-state index contributed by atoms with van der Waals surface area (Å²) < 4.78 is 10.3. The van der Waals surface area contributed by atoms with Crippen molar-refractivity contribution in [3.05, 3.63) is 36.1 Å². The first-order chi connectivity index (χ1) is 10.0. The summed E-state index contributed by atoms with van der Waals surface area (Å²) in [5.41, 5.74) is 0.548. The topological polar surface area (TPSA) is 97.6 Å². The van der Waals surface area contributed by atoms with Crippen LogP contribution in [-0.2, 0) is 9.53 Å². The normalized spacial score (nSPS) is 11.7. The molecule has 21 heavy (non-hydrogen) atoms. The molecule has 7 nitrogen and oxygen atoms in total. The van der Waals surface area contributed by atoms with Gasteiger partial charge in [0.25, 0.3) is 5.91 Å². The summed E-state index contributed by atoms with van der Waals surface area (Å²) in [5, 5.41) is 5.00. The molecule has 0 spiro atoms. The van der Waals surface area contributed by atoms with Gasteiger partial charge in [0.1, 0.15) is 5.58 Å². The minimum atomic E-state index is -1.12. The Morgan fingerprint density at radius 1 is 1.24 bits per heavy atom. The van der Waals surface area contributed by atoms with Gasteiger partial charge in [-0.1, -0.05) is 18.2 Å². The van der Waals surface area contributed by atoms with Gasteiger partial charge in [0.05, 0.1) is 0 Å². The quantitative estimate of drug-likeness (QED) is 0.833. The monoisotopic (exact) mass is 290 g/mol. The average molecular weight is 290 g/mol. The number of furan rings is 1. The molecule has 110 valence electrons. The Bertz CT molecular complexity index is 658. The van der Waals surface area contributed by atoms with Crippen molar-refractivity contribution in [1.29, 1.82) is 0 Å². The highest BCUT2D eigenvalue weighted by Gasteiger charge is 2.22. The van der Waals surface area contributed by atoms with Crippen LogP contribution >= 0.6 is 0 Å². The summed E-state index contributed by atoms with van der Waals surface area (Å²) in [6.45, 7) is 1.36. The van der Waals surface area contributed by atoms with E-state index in [-0.39, 0.29) is 5.76 Å². The number of carbonyl (C=O) groups is 3. The molecule has 0 aliphatic rings. The molecule has 0 radical (unpaired) electrons. The number of para-hydroxylation sites is 1. The third-order valence-corrected chi connectivity index (χ3v) is 2.74. The number of ether oxygens (including phenoxy) is 1. The van der Waals surface area contributed by atoms with Gasteiger partial charge in [-0.15, -0.1) is 0 Å². The molecule has 1 heterocycles. The summed E-state index contributed by atoms with van der Waals surface area (Å²) in [7, 11) is 1.37. The molecule has 1 aromatic carbocycles. The highest BCUT2D eigenvalue weighted by Crippen LogP contribution is 2.19. The molecule has 0 aliphatic carbocycles. The van der Waals surface area contributed by atoms with Crippen LogP contribution in [0, 0.1) is 0 Å². The van der Waals surface area contributed by atoms with Crippen molar-refractivity contribution in [2.75, 3.05) is 7.05 Å².